The SMILES string of the molecule is CC(=O)N[C@@H](Cc1cc(F)cc(F)c1)[C@H](O)CN[C@@]1(c2cccc(C(C)C)c2)CCN(CC(=O)O)C(=O)C1. The highest BCUT2D eigenvalue weighted by atomic mass is 19.1. The van der Waals surface area contributed by atoms with E-state index in [1.807, 2.05) is 24.3 Å². The van der Waals surface area contributed by atoms with Crippen molar-refractivity contribution >= 4 is 17.8 Å². The fraction of sp³-hybridized carbons (Fsp3) is 0.464. The van der Waals surface area contributed by atoms with Crippen molar-refractivity contribution in [2.45, 2.75) is 63.6 Å². The lowest BCUT2D eigenvalue weighted by molar-refractivity contribution is -0.147. The Bertz CT molecular complexity index is 1150. The van der Waals surface area contributed by atoms with E-state index in [0.717, 1.165) is 29.3 Å². The number of likely N-dealkylation sites (tertiary alicyclic amines) is 1. The number of benzene rings is 2. The molecule has 1 fully saturated rings. The van der Waals surface area contributed by atoms with E-state index in [1.54, 1.807) is 0 Å². The molecular weight excluding hydrogens is 496 g/mol. The number of nitrogens with one attached hydrogen (secondary N) is 2. The van der Waals surface area contributed by atoms with E-state index in [-0.39, 0.29) is 43.3 Å². The highest BCUT2D eigenvalue weighted by Gasteiger charge is 2.41. The van der Waals surface area contributed by atoms with Gasteiger partial charge in [0, 0.05) is 32.5 Å². The third kappa shape index (κ3) is 7.58. The maximum atomic E-state index is 13.7. The first-order valence-corrected chi connectivity index (χ1v) is 12.6. The summed E-state index contributed by atoms with van der Waals surface area (Å²) in [7, 11) is 0. The molecule has 1 aliphatic heterocycles. The van der Waals surface area contributed by atoms with E-state index in [4.69, 9.17) is 5.11 Å². The van der Waals surface area contributed by atoms with Crippen LogP contribution in [0.3, 0.4) is 0 Å². The summed E-state index contributed by atoms with van der Waals surface area (Å²) in [6, 6.07) is 9.97. The number of amides is 2. The molecule has 4 N–H and O–H groups in total. The van der Waals surface area contributed by atoms with Gasteiger partial charge in [-0.15, -0.1) is 0 Å². The van der Waals surface area contributed by atoms with Gasteiger partial charge in [0.05, 0.1) is 17.7 Å². The predicted octanol–water partition coefficient (Wildman–Crippen LogP) is 2.69. The number of halogens is 2. The maximum absolute atomic E-state index is 13.7. The third-order valence-electron chi connectivity index (χ3n) is 6.93. The second-order valence-electron chi connectivity index (χ2n) is 10.2. The first-order chi connectivity index (χ1) is 17.9. The number of rotatable bonds is 11. The molecule has 10 heteroatoms. The number of carboxylic acid groups (broad SMARTS) is 1. The minimum atomic E-state index is -1.16. The molecule has 0 unspecified atom stereocenters. The van der Waals surface area contributed by atoms with Crippen LogP contribution in [0.5, 0.6) is 0 Å². The summed E-state index contributed by atoms with van der Waals surface area (Å²) in [5.41, 5.74) is 1.29. The first-order valence-electron chi connectivity index (χ1n) is 12.6. The number of carbonyl (C=O) groups is 3. The van der Waals surface area contributed by atoms with Crippen molar-refractivity contribution in [3.63, 3.8) is 0 Å². The molecule has 2 amide bonds. The summed E-state index contributed by atoms with van der Waals surface area (Å²) < 4.78 is 27.5. The van der Waals surface area contributed by atoms with Crippen LogP contribution >= 0.6 is 0 Å². The topological polar surface area (TPSA) is 119 Å². The Labute approximate surface area is 221 Å². The van der Waals surface area contributed by atoms with Crippen molar-refractivity contribution in [3.8, 4) is 0 Å². The monoisotopic (exact) mass is 531 g/mol. The Hall–Kier alpha value is -3.37. The van der Waals surface area contributed by atoms with Gasteiger partial charge in [-0.1, -0.05) is 38.1 Å². The van der Waals surface area contributed by atoms with E-state index < -0.39 is 47.7 Å². The van der Waals surface area contributed by atoms with Crippen LogP contribution in [0.2, 0.25) is 0 Å². The number of carboxylic acids is 1. The molecule has 1 saturated heterocycles. The normalized spacial score (nSPS) is 19.3. The molecule has 38 heavy (non-hydrogen) atoms. The fourth-order valence-electron chi connectivity index (χ4n) is 4.90. The highest BCUT2D eigenvalue weighted by Crippen LogP contribution is 2.35. The van der Waals surface area contributed by atoms with Crippen LogP contribution in [-0.4, -0.2) is 64.7 Å². The van der Waals surface area contributed by atoms with Gasteiger partial charge in [-0.25, -0.2) is 8.78 Å². The highest BCUT2D eigenvalue weighted by molar-refractivity contribution is 5.83. The number of hydrogen-bond donors (Lipinski definition) is 4. The van der Waals surface area contributed by atoms with Crippen LogP contribution in [0.25, 0.3) is 0 Å². The second kappa shape index (κ2) is 12.4. The quantitative estimate of drug-likeness (QED) is 0.354. The lowest BCUT2D eigenvalue weighted by atomic mass is 9.79. The summed E-state index contributed by atoms with van der Waals surface area (Å²) in [5.74, 6) is -3.12. The molecule has 0 aromatic heterocycles. The molecule has 8 nitrogen and oxygen atoms in total. The molecule has 0 saturated carbocycles. The Morgan fingerprint density at radius 1 is 1.13 bits per heavy atom. The van der Waals surface area contributed by atoms with E-state index in [1.165, 1.54) is 11.8 Å². The van der Waals surface area contributed by atoms with Gasteiger partial charge in [0.1, 0.15) is 18.2 Å². The summed E-state index contributed by atoms with van der Waals surface area (Å²) in [6.45, 7) is 5.17. The van der Waals surface area contributed by atoms with Gasteiger partial charge in [-0.2, -0.15) is 0 Å². The molecule has 1 heterocycles. The van der Waals surface area contributed by atoms with Gasteiger partial charge in [0.25, 0.3) is 0 Å². The minimum absolute atomic E-state index is 0.0156. The van der Waals surface area contributed by atoms with E-state index >= 15 is 0 Å². The van der Waals surface area contributed by atoms with E-state index in [9.17, 15) is 28.3 Å². The number of carbonyl (C=O) groups excluding carboxylic acids is 2. The number of aliphatic carboxylic acids is 1. The molecule has 0 bridgehead atoms. The second-order valence-corrected chi connectivity index (χ2v) is 10.2. The standard InChI is InChI=1S/C28H35F2N3O5/c1-17(2)20-5-4-6-21(12-20)28(7-8-33(16-27(37)38)26(36)14-28)31-15-25(35)24(32-18(3)34)11-19-9-22(29)13-23(30)10-19/h4-6,9-10,12-13,17,24-25,31,35H,7-8,11,14-16H2,1-3H3,(H,32,34)(H,37,38)/t24-,25+,28-/m0/s1. The predicted molar refractivity (Wildman–Crippen MR) is 137 cm³/mol. The molecule has 0 aliphatic carbocycles. The summed E-state index contributed by atoms with van der Waals surface area (Å²) in [6.07, 6.45) is -0.796. The number of aliphatic hydroxyl groups is 1. The largest absolute Gasteiger partial charge is 0.480 e. The smallest absolute Gasteiger partial charge is 0.323 e. The Morgan fingerprint density at radius 3 is 2.39 bits per heavy atom. The van der Waals surface area contributed by atoms with Crippen LogP contribution in [0.15, 0.2) is 42.5 Å². The van der Waals surface area contributed by atoms with Crippen LogP contribution in [-0.2, 0) is 26.3 Å². The summed E-state index contributed by atoms with van der Waals surface area (Å²) in [5, 5.41) is 26.3. The fourth-order valence-corrected chi connectivity index (χ4v) is 4.90. The van der Waals surface area contributed by atoms with Crippen molar-refractivity contribution in [1.29, 1.82) is 0 Å². The van der Waals surface area contributed by atoms with Crippen LogP contribution in [0, 0.1) is 11.6 Å². The first kappa shape index (κ1) is 29.2. The lowest BCUT2D eigenvalue weighted by Gasteiger charge is -2.43. The lowest BCUT2D eigenvalue weighted by Crippen LogP contribution is -2.57. The Kier molecular flexibility index (Phi) is 9.56. The minimum Gasteiger partial charge on any atom is -0.480 e. The van der Waals surface area contributed by atoms with Gasteiger partial charge >= 0.3 is 5.97 Å². The molecule has 0 spiro atoms. The van der Waals surface area contributed by atoms with Crippen LogP contribution < -0.4 is 10.6 Å². The van der Waals surface area contributed by atoms with Gasteiger partial charge < -0.3 is 25.7 Å². The number of piperidine rings is 1. The molecule has 1 aliphatic rings. The average molecular weight is 532 g/mol. The molecular formula is C28H35F2N3O5. The number of aliphatic hydroxyl groups excluding tert-OH is 1. The summed E-state index contributed by atoms with van der Waals surface area (Å²) in [4.78, 5) is 37.4. The zero-order valence-corrected chi connectivity index (χ0v) is 21.8. The van der Waals surface area contributed by atoms with Crippen molar-refractivity contribution in [2.24, 2.45) is 0 Å². The third-order valence-corrected chi connectivity index (χ3v) is 6.93. The molecule has 2 aromatic carbocycles. The van der Waals surface area contributed by atoms with Crippen LogP contribution in [0.1, 0.15) is 56.2 Å². The zero-order valence-electron chi connectivity index (χ0n) is 21.8. The van der Waals surface area contributed by atoms with Crippen molar-refractivity contribution in [2.75, 3.05) is 19.6 Å². The molecule has 3 atom stereocenters. The van der Waals surface area contributed by atoms with Crippen LogP contribution in [0.4, 0.5) is 8.78 Å². The van der Waals surface area contributed by atoms with Crippen molar-refractivity contribution in [3.05, 3.63) is 70.8 Å². The van der Waals surface area contributed by atoms with Gasteiger partial charge in [-0.3, -0.25) is 14.4 Å². The maximum Gasteiger partial charge on any atom is 0.323 e. The Balaban J connectivity index is 1.86. The summed E-state index contributed by atoms with van der Waals surface area (Å²) >= 11 is 0. The van der Waals surface area contributed by atoms with Gasteiger partial charge in [0.2, 0.25) is 11.8 Å². The molecule has 206 valence electrons. The molecule has 3 rings (SSSR count). The van der Waals surface area contributed by atoms with E-state index in [2.05, 4.69) is 24.5 Å². The molecule has 0 radical (unpaired) electrons. The van der Waals surface area contributed by atoms with E-state index in [0.29, 0.717) is 6.42 Å². The zero-order chi connectivity index (χ0) is 28.0. The van der Waals surface area contributed by atoms with Gasteiger partial charge in [-0.05, 0) is 47.6 Å². The van der Waals surface area contributed by atoms with Crippen molar-refractivity contribution < 1.29 is 33.4 Å². The average Bonchev–Trinajstić information content (AvgIpc) is 2.82. The van der Waals surface area contributed by atoms with Gasteiger partial charge in [0.15, 0.2) is 0 Å². The number of hydrogen-bond acceptors (Lipinski definition) is 5. The molecule has 2 aromatic rings. The number of nitrogens with zero attached hydrogens (tertiary/aromatic N) is 1. The van der Waals surface area contributed by atoms with Crippen molar-refractivity contribution in [1.82, 2.24) is 15.5 Å². The Morgan fingerprint density at radius 2 is 1.82 bits per heavy atom.